The normalized spacial score (nSPS) is 13.1. The van der Waals surface area contributed by atoms with Gasteiger partial charge in [-0.05, 0) is 34.9 Å². The molecule has 0 aliphatic rings. The molecule has 0 aliphatic carbocycles. The van der Waals surface area contributed by atoms with Crippen LogP contribution in [-0.2, 0) is 12.9 Å². The lowest BCUT2D eigenvalue weighted by Gasteiger charge is -2.32. The van der Waals surface area contributed by atoms with Crippen molar-refractivity contribution in [2.24, 2.45) is 7.05 Å². The summed E-state index contributed by atoms with van der Waals surface area (Å²) in [7, 11) is 6.19. The molecule has 0 fully saturated rings. The van der Waals surface area contributed by atoms with E-state index in [9.17, 15) is 0 Å². The van der Waals surface area contributed by atoms with Gasteiger partial charge in [-0.15, -0.1) is 11.6 Å². The van der Waals surface area contributed by atoms with Crippen molar-refractivity contribution in [3.63, 3.8) is 0 Å². The maximum absolute atomic E-state index is 6.07. The summed E-state index contributed by atoms with van der Waals surface area (Å²) >= 11 is 6.07. The summed E-state index contributed by atoms with van der Waals surface area (Å²) in [5.74, 6) is 1.67. The molecule has 1 aromatic heterocycles. The highest BCUT2D eigenvalue weighted by molar-refractivity contribution is 6.17. The SMILES string of the molecule is CCN(c1c(CCl)c(C)nn1C)C(C)CN(C)C. The Bertz CT molecular complexity index is 387. The Balaban J connectivity index is 3.08. The highest BCUT2D eigenvalue weighted by Crippen LogP contribution is 2.26. The fourth-order valence-corrected chi connectivity index (χ4v) is 2.82. The molecule has 0 saturated carbocycles. The van der Waals surface area contributed by atoms with Crippen LogP contribution in [0.5, 0.6) is 0 Å². The van der Waals surface area contributed by atoms with E-state index in [1.807, 2.05) is 18.7 Å². The molecule has 0 amide bonds. The Morgan fingerprint density at radius 1 is 1.39 bits per heavy atom. The van der Waals surface area contributed by atoms with Crippen molar-refractivity contribution in [3.05, 3.63) is 11.3 Å². The first kappa shape index (κ1) is 15.3. The van der Waals surface area contributed by atoms with Gasteiger partial charge in [-0.25, -0.2) is 0 Å². The van der Waals surface area contributed by atoms with E-state index < -0.39 is 0 Å². The number of hydrogen-bond acceptors (Lipinski definition) is 3. The lowest BCUT2D eigenvalue weighted by atomic mass is 10.2. The van der Waals surface area contributed by atoms with E-state index in [0.29, 0.717) is 11.9 Å². The summed E-state index contributed by atoms with van der Waals surface area (Å²) < 4.78 is 1.95. The number of aromatic nitrogens is 2. The highest BCUT2D eigenvalue weighted by Gasteiger charge is 2.22. The van der Waals surface area contributed by atoms with Crippen LogP contribution in [0.4, 0.5) is 5.82 Å². The van der Waals surface area contributed by atoms with Gasteiger partial charge in [0.15, 0.2) is 0 Å². The molecule has 1 atom stereocenters. The Morgan fingerprint density at radius 2 is 2.00 bits per heavy atom. The van der Waals surface area contributed by atoms with E-state index in [-0.39, 0.29) is 0 Å². The number of halogens is 1. The van der Waals surface area contributed by atoms with Gasteiger partial charge in [-0.1, -0.05) is 0 Å². The van der Waals surface area contributed by atoms with Gasteiger partial charge in [0.05, 0.1) is 11.6 Å². The molecule has 0 aromatic carbocycles. The molecule has 0 bridgehead atoms. The predicted molar refractivity (Wildman–Crippen MR) is 78.5 cm³/mol. The molecular weight excluding hydrogens is 248 g/mol. The van der Waals surface area contributed by atoms with Gasteiger partial charge < -0.3 is 9.80 Å². The van der Waals surface area contributed by atoms with Gasteiger partial charge in [0.25, 0.3) is 0 Å². The zero-order valence-electron chi connectivity index (χ0n) is 12.4. The molecule has 0 saturated heterocycles. The number of rotatable bonds is 6. The standard InChI is InChI=1S/C13H25ClN4/c1-7-18(10(2)9-16(4)5)13-12(8-14)11(3)15-17(13)6/h10H,7-9H2,1-6H3. The monoisotopic (exact) mass is 272 g/mol. The van der Waals surface area contributed by atoms with Crippen LogP contribution in [0.3, 0.4) is 0 Å². The van der Waals surface area contributed by atoms with Gasteiger partial charge in [-0.3, -0.25) is 4.68 Å². The Hall–Kier alpha value is -0.740. The van der Waals surface area contributed by atoms with Crippen LogP contribution < -0.4 is 4.90 Å². The third-order valence-corrected chi connectivity index (χ3v) is 3.49. The molecule has 0 aliphatic heterocycles. The van der Waals surface area contributed by atoms with E-state index >= 15 is 0 Å². The first-order valence-corrected chi connectivity index (χ1v) is 6.95. The fraction of sp³-hybridized carbons (Fsp3) is 0.769. The van der Waals surface area contributed by atoms with Crippen LogP contribution in [0.15, 0.2) is 0 Å². The molecule has 1 heterocycles. The Morgan fingerprint density at radius 3 is 2.44 bits per heavy atom. The topological polar surface area (TPSA) is 24.3 Å². The van der Waals surface area contributed by atoms with Crippen molar-refractivity contribution < 1.29 is 0 Å². The van der Waals surface area contributed by atoms with Gasteiger partial charge in [0, 0.05) is 31.7 Å². The average Bonchev–Trinajstić information content (AvgIpc) is 2.54. The van der Waals surface area contributed by atoms with Gasteiger partial charge >= 0.3 is 0 Å². The molecule has 1 unspecified atom stereocenters. The number of likely N-dealkylation sites (N-methyl/N-ethyl adjacent to an activating group) is 2. The molecule has 1 aromatic rings. The van der Waals surface area contributed by atoms with Crippen molar-refractivity contribution in [2.45, 2.75) is 32.7 Å². The molecule has 0 radical (unpaired) electrons. The molecule has 0 spiro atoms. The van der Waals surface area contributed by atoms with Crippen LogP contribution in [0.1, 0.15) is 25.1 Å². The first-order chi connectivity index (χ1) is 8.42. The van der Waals surface area contributed by atoms with Crippen molar-refractivity contribution in [1.82, 2.24) is 14.7 Å². The molecule has 104 valence electrons. The van der Waals surface area contributed by atoms with E-state index in [1.54, 1.807) is 0 Å². The smallest absolute Gasteiger partial charge is 0.131 e. The summed E-state index contributed by atoms with van der Waals surface area (Å²) in [5.41, 5.74) is 2.17. The summed E-state index contributed by atoms with van der Waals surface area (Å²) in [5, 5.41) is 4.49. The third kappa shape index (κ3) is 3.18. The second-order valence-corrected chi connectivity index (χ2v) is 5.31. The second-order valence-electron chi connectivity index (χ2n) is 5.04. The molecular formula is C13H25ClN4. The van der Waals surface area contributed by atoms with E-state index in [1.165, 1.54) is 0 Å². The summed E-state index contributed by atoms with van der Waals surface area (Å²) in [4.78, 5) is 4.58. The van der Waals surface area contributed by atoms with Crippen LogP contribution in [0.2, 0.25) is 0 Å². The number of anilines is 1. The van der Waals surface area contributed by atoms with Crippen LogP contribution in [0, 0.1) is 6.92 Å². The minimum absolute atomic E-state index is 0.432. The summed E-state index contributed by atoms with van der Waals surface area (Å²) in [6.45, 7) is 8.40. The quantitative estimate of drug-likeness (QED) is 0.743. The molecule has 1 rings (SSSR count). The third-order valence-electron chi connectivity index (χ3n) is 3.22. The average molecular weight is 273 g/mol. The highest BCUT2D eigenvalue weighted by atomic mass is 35.5. The van der Waals surface area contributed by atoms with Gasteiger partial charge in [-0.2, -0.15) is 5.10 Å². The lowest BCUT2D eigenvalue weighted by molar-refractivity contribution is 0.370. The Labute approximate surface area is 116 Å². The van der Waals surface area contributed by atoms with Crippen LogP contribution in [0.25, 0.3) is 0 Å². The zero-order valence-corrected chi connectivity index (χ0v) is 13.1. The number of nitrogens with zero attached hydrogens (tertiary/aromatic N) is 4. The first-order valence-electron chi connectivity index (χ1n) is 6.42. The van der Waals surface area contributed by atoms with Gasteiger partial charge in [0.2, 0.25) is 0 Å². The van der Waals surface area contributed by atoms with Crippen LogP contribution >= 0.6 is 11.6 Å². The minimum Gasteiger partial charge on any atom is -0.353 e. The zero-order chi connectivity index (χ0) is 13.9. The van der Waals surface area contributed by atoms with Gasteiger partial charge in [0.1, 0.15) is 5.82 Å². The van der Waals surface area contributed by atoms with Crippen molar-refractivity contribution >= 4 is 17.4 Å². The van der Waals surface area contributed by atoms with E-state index in [0.717, 1.165) is 30.2 Å². The predicted octanol–water partition coefficient (Wildman–Crippen LogP) is 2.24. The summed E-state index contributed by atoms with van der Waals surface area (Å²) in [6.07, 6.45) is 0. The van der Waals surface area contributed by atoms with Crippen molar-refractivity contribution in [3.8, 4) is 0 Å². The summed E-state index contributed by atoms with van der Waals surface area (Å²) in [6, 6.07) is 0.432. The molecule has 18 heavy (non-hydrogen) atoms. The van der Waals surface area contributed by atoms with Crippen LogP contribution in [-0.4, -0.2) is 47.9 Å². The van der Waals surface area contributed by atoms with E-state index in [4.69, 9.17) is 11.6 Å². The molecule has 5 heteroatoms. The number of alkyl halides is 1. The maximum atomic E-state index is 6.07. The van der Waals surface area contributed by atoms with E-state index in [2.05, 4.69) is 42.8 Å². The fourth-order valence-electron chi connectivity index (χ4n) is 2.50. The Kier molecular flexibility index (Phi) is 5.47. The number of aryl methyl sites for hydroxylation is 2. The lowest BCUT2D eigenvalue weighted by Crippen LogP contribution is -2.41. The number of hydrogen-bond donors (Lipinski definition) is 0. The largest absolute Gasteiger partial charge is 0.353 e. The van der Waals surface area contributed by atoms with Crippen molar-refractivity contribution in [1.29, 1.82) is 0 Å². The van der Waals surface area contributed by atoms with Crippen molar-refractivity contribution in [2.75, 3.05) is 32.1 Å². The molecule has 4 nitrogen and oxygen atoms in total. The maximum Gasteiger partial charge on any atom is 0.131 e. The second kappa shape index (κ2) is 6.43. The molecule has 0 N–H and O–H groups in total. The minimum atomic E-state index is 0.432.